The molecule has 21 heavy (non-hydrogen) atoms. The number of carboxylic acids is 1. The molecule has 7 nitrogen and oxygen atoms in total. The zero-order valence-corrected chi connectivity index (χ0v) is 13.4. The van der Waals surface area contributed by atoms with Crippen LogP contribution in [0.3, 0.4) is 0 Å². The van der Waals surface area contributed by atoms with E-state index in [-0.39, 0.29) is 27.7 Å². The third kappa shape index (κ3) is 2.93. The highest BCUT2D eigenvalue weighted by atomic mass is 79.9. The Morgan fingerprint density at radius 1 is 1.38 bits per heavy atom. The zero-order chi connectivity index (χ0) is 15.8. The van der Waals surface area contributed by atoms with Crippen LogP contribution in [0.5, 0.6) is 0 Å². The standard InChI is InChI=1S/C12H11BrN2O5S/c1-6-9(12(16)17)10(7(2)20-6)21(18,19)15-8-4-3-5-14-11(8)13/h3-5,15H,1-2H3,(H,16,17). The molecular weight excluding hydrogens is 364 g/mol. The predicted molar refractivity (Wildman–Crippen MR) is 77.9 cm³/mol. The molecule has 0 aliphatic carbocycles. The highest BCUT2D eigenvalue weighted by Crippen LogP contribution is 2.29. The van der Waals surface area contributed by atoms with Crippen LogP contribution in [0.4, 0.5) is 5.69 Å². The molecule has 0 atom stereocenters. The van der Waals surface area contributed by atoms with Crippen molar-refractivity contribution in [3.05, 3.63) is 40.0 Å². The molecule has 0 fully saturated rings. The van der Waals surface area contributed by atoms with Crippen molar-refractivity contribution in [1.82, 2.24) is 4.98 Å². The van der Waals surface area contributed by atoms with Crippen LogP contribution in [0, 0.1) is 13.8 Å². The number of hydrogen-bond donors (Lipinski definition) is 2. The van der Waals surface area contributed by atoms with Crippen molar-refractivity contribution in [2.24, 2.45) is 0 Å². The number of nitrogens with one attached hydrogen (secondary N) is 1. The second kappa shape index (κ2) is 5.49. The number of furan rings is 1. The second-order valence-electron chi connectivity index (χ2n) is 4.17. The molecule has 112 valence electrons. The second-order valence-corrected chi connectivity index (χ2v) is 6.54. The summed E-state index contributed by atoms with van der Waals surface area (Å²) in [7, 11) is -4.12. The molecule has 0 aliphatic rings. The average molecular weight is 375 g/mol. The number of nitrogens with zero attached hydrogens (tertiary/aromatic N) is 1. The lowest BCUT2D eigenvalue weighted by Crippen LogP contribution is -2.17. The zero-order valence-electron chi connectivity index (χ0n) is 11.0. The van der Waals surface area contributed by atoms with E-state index in [1.807, 2.05) is 0 Å². The Hall–Kier alpha value is -1.87. The van der Waals surface area contributed by atoms with E-state index in [0.29, 0.717) is 4.60 Å². The van der Waals surface area contributed by atoms with Crippen LogP contribution in [-0.4, -0.2) is 24.5 Å². The minimum Gasteiger partial charge on any atom is -0.478 e. The van der Waals surface area contributed by atoms with E-state index < -0.39 is 16.0 Å². The van der Waals surface area contributed by atoms with Crippen molar-refractivity contribution in [2.45, 2.75) is 18.7 Å². The van der Waals surface area contributed by atoms with E-state index in [0.717, 1.165) is 0 Å². The minimum absolute atomic E-state index is 0.0115. The van der Waals surface area contributed by atoms with Crippen molar-refractivity contribution in [1.29, 1.82) is 0 Å². The van der Waals surface area contributed by atoms with Crippen LogP contribution in [-0.2, 0) is 10.0 Å². The maximum Gasteiger partial charge on any atom is 0.340 e. The van der Waals surface area contributed by atoms with Crippen LogP contribution in [0.15, 0.2) is 32.2 Å². The monoisotopic (exact) mass is 374 g/mol. The average Bonchev–Trinajstić information content (AvgIpc) is 2.67. The Bertz CT molecular complexity index is 813. The molecule has 0 spiro atoms. The summed E-state index contributed by atoms with van der Waals surface area (Å²) in [6.07, 6.45) is 1.48. The Labute approximate surface area is 129 Å². The molecule has 2 heterocycles. The van der Waals surface area contributed by atoms with Crippen LogP contribution >= 0.6 is 15.9 Å². The Morgan fingerprint density at radius 2 is 2.05 bits per heavy atom. The van der Waals surface area contributed by atoms with Gasteiger partial charge < -0.3 is 9.52 Å². The summed E-state index contributed by atoms with van der Waals surface area (Å²) in [5.41, 5.74) is -0.174. The topological polar surface area (TPSA) is 110 Å². The van der Waals surface area contributed by atoms with E-state index in [1.165, 1.54) is 26.1 Å². The fourth-order valence-electron chi connectivity index (χ4n) is 1.89. The fourth-order valence-corrected chi connectivity index (χ4v) is 3.85. The first-order chi connectivity index (χ1) is 9.74. The molecule has 2 rings (SSSR count). The number of aromatic carboxylic acids is 1. The number of carboxylic acid groups (broad SMARTS) is 1. The lowest BCUT2D eigenvalue weighted by molar-refractivity contribution is 0.0691. The van der Waals surface area contributed by atoms with Crippen molar-refractivity contribution >= 4 is 37.6 Å². The molecule has 2 N–H and O–H groups in total. The van der Waals surface area contributed by atoms with E-state index in [4.69, 9.17) is 4.42 Å². The number of rotatable bonds is 4. The maximum absolute atomic E-state index is 12.4. The van der Waals surface area contributed by atoms with Crippen LogP contribution in [0.25, 0.3) is 0 Å². The molecule has 0 aliphatic heterocycles. The number of sulfonamides is 1. The number of pyridine rings is 1. The van der Waals surface area contributed by atoms with Crippen molar-refractivity contribution in [3.63, 3.8) is 0 Å². The van der Waals surface area contributed by atoms with Gasteiger partial charge in [0, 0.05) is 6.20 Å². The van der Waals surface area contributed by atoms with Crippen LogP contribution < -0.4 is 4.72 Å². The van der Waals surface area contributed by atoms with E-state index in [9.17, 15) is 18.3 Å². The van der Waals surface area contributed by atoms with Crippen molar-refractivity contribution in [3.8, 4) is 0 Å². The predicted octanol–water partition coefficient (Wildman–Crippen LogP) is 2.55. The first kappa shape index (κ1) is 15.5. The van der Waals surface area contributed by atoms with Gasteiger partial charge in [-0.05, 0) is 41.9 Å². The summed E-state index contributed by atoms with van der Waals surface area (Å²) in [6.45, 7) is 2.79. The van der Waals surface area contributed by atoms with Gasteiger partial charge >= 0.3 is 5.97 Å². The highest BCUT2D eigenvalue weighted by Gasteiger charge is 2.31. The van der Waals surface area contributed by atoms with E-state index >= 15 is 0 Å². The first-order valence-electron chi connectivity index (χ1n) is 5.70. The minimum atomic E-state index is -4.12. The maximum atomic E-state index is 12.4. The number of hydrogen-bond acceptors (Lipinski definition) is 5. The molecule has 0 bridgehead atoms. The third-order valence-corrected chi connectivity index (χ3v) is 4.84. The molecule has 0 amide bonds. The van der Waals surface area contributed by atoms with Crippen LogP contribution in [0.2, 0.25) is 0 Å². The SMILES string of the molecule is Cc1oc(C)c(S(=O)(=O)Nc2cccnc2Br)c1C(=O)O. The molecule has 0 aromatic carbocycles. The van der Waals surface area contributed by atoms with Gasteiger partial charge in [0.15, 0.2) is 0 Å². The van der Waals surface area contributed by atoms with Crippen molar-refractivity contribution in [2.75, 3.05) is 4.72 Å². The Morgan fingerprint density at radius 3 is 2.62 bits per heavy atom. The molecule has 2 aromatic rings. The number of aryl methyl sites for hydroxylation is 2. The number of carbonyl (C=O) groups is 1. The van der Waals surface area contributed by atoms with E-state index in [1.54, 1.807) is 6.07 Å². The Balaban J connectivity index is 2.56. The number of halogens is 1. The molecule has 0 unspecified atom stereocenters. The molecule has 2 aromatic heterocycles. The summed E-state index contributed by atoms with van der Waals surface area (Å²) in [5.74, 6) is -1.32. The van der Waals surface area contributed by atoms with Crippen LogP contribution in [0.1, 0.15) is 21.9 Å². The molecule has 9 heteroatoms. The summed E-state index contributed by atoms with van der Waals surface area (Å²) >= 11 is 3.11. The quantitative estimate of drug-likeness (QED) is 0.795. The van der Waals surface area contributed by atoms with Gasteiger partial charge in [0.25, 0.3) is 10.0 Å². The van der Waals surface area contributed by atoms with E-state index in [2.05, 4.69) is 25.6 Å². The van der Waals surface area contributed by atoms with Gasteiger partial charge in [0.2, 0.25) is 0 Å². The van der Waals surface area contributed by atoms with Gasteiger partial charge in [-0.15, -0.1) is 0 Å². The highest BCUT2D eigenvalue weighted by molar-refractivity contribution is 9.10. The molecular formula is C12H11BrN2O5S. The smallest absolute Gasteiger partial charge is 0.340 e. The first-order valence-corrected chi connectivity index (χ1v) is 7.98. The van der Waals surface area contributed by atoms with Gasteiger partial charge in [0.1, 0.15) is 26.6 Å². The number of aromatic nitrogens is 1. The summed E-state index contributed by atoms with van der Waals surface area (Å²) < 4.78 is 32.6. The van der Waals surface area contributed by atoms with Gasteiger partial charge in [0.05, 0.1) is 5.69 Å². The molecule has 0 saturated carbocycles. The fraction of sp³-hybridized carbons (Fsp3) is 0.167. The van der Waals surface area contributed by atoms with Gasteiger partial charge in [-0.3, -0.25) is 4.72 Å². The third-order valence-electron chi connectivity index (χ3n) is 2.69. The van der Waals surface area contributed by atoms with Gasteiger partial charge in [-0.2, -0.15) is 0 Å². The largest absolute Gasteiger partial charge is 0.478 e. The van der Waals surface area contributed by atoms with Crippen molar-refractivity contribution < 1.29 is 22.7 Å². The summed E-state index contributed by atoms with van der Waals surface area (Å²) in [5, 5.41) is 9.17. The molecule has 0 saturated heterocycles. The Kier molecular flexibility index (Phi) is 4.06. The van der Waals surface area contributed by atoms with Gasteiger partial charge in [-0.1, -0.05) is 0 Å². The summed E-state index contributed by atoms with van der Waals surface area (Å²) in [4.78, 5) is 14.8. The lowest BCUT2D eigenvalue weighted by Gasteiger charge is -2.09. The summed E-state index contributed by atoms with van der Waals surface area (Å²) in [6, 6.07) is 3.05. The lowest BCUT2D eigenvalue weighted by atomic mass is 10.2. The molecule has 0 radical (unpaired) electrons. The normalized spacial score (nSPS) is 11.4. The number of anilines is 1. The van der Waals surface area contributed by atoms with Gasteiger partial charge in [-0.25, -0.2) is 18.2 Å².